The summed E-state index contributed by atoms with van der Waals surface area (Å²) in [7, 11) is 0. The molecular weight excluding hydrogens is 330 g/mol. The number of hydrogen-bond donors (Lipinski definition) is 1. The number of rotatable bonds is 7. The van der Waals surface area contributed by atoms with Crippen LogP contribution in [0.1, 0.15) is 73.4 Å². The summed E-state index contributed by atoms with van der Waals surface area (Å²) in [5.41, 5.74) is 8.16. The van der Waals surface area contributed by atoms with E-state index in [1.807, 2.05) is 25.1 Å². The topological polar surface area (TPSA) is 87.3 Å². The number of nitrogens with two attached hydrogens (primary N) is 1. The van der Waals surface area contributed by atoms with Crippen molar-refractivity contribution in [3.8, 4) is 5.75 Å². The van der Waals surface area contributed by atoms with Gasteiger partial charge >= 0.3 is 5.97 Å². The van der Waals surface area contributed by atoms with Crippen molar-refractivity contribution in [1.82, 2.24) is 9.97 Å². The monoisotopic (exact) mass is 357 g/mol. The Kier molecular flexibility index (Phi) is 6.55. The molecule has 0 aliphatic heterocycles. The number of nitrogens with zero attached hydrogens (tertiary/aromatic N) is 2. The molecule has 0 spiro atoms. The minimum Gasteiger partial charge on any atom is -0.484 e. The highest BCUT2D eigenvalue weighted by molar-refractivity contribution is 5.92. The van der Waals surface area contributed by atoms with E-state index >= 15 is 0 Å². The van der Waals surface area contributed by atoms with Crippen LogP contribution in [-0.2, 0) is 4.74 Å². The van der Waals surface area contributed by atoms with Crippen LogP contribution in [0.2, 0.25) is 0 Å². The minimum atomic E-state index is -0.483. The lowest BCUT2D eigenvalue weighted by atomic mass is 9.97. The van der Waals surface area contributed by atoms with Crippen LogP contribution in [0.15, 0.2) is 24.3 Å². The van der Waals surface area contributed by atoms with E-state index in [0.29, 0.717) is 22.9 Å². The average Bonchev–Trinajstić information content (AvgIpc) is 2.60. The van der Waals surface area contributed by atoms with Crippen LogP contribution >= 0.6 is 0 Å². The molecule has 0 saturated carbocycles. The molecule has 2 N–H and O–H groups in total. The second-order valence-electron chi connectivity index (χ2n) is 6.26. The molecule has 0 saturated heterocycles. The maximum atomic E-state index is 12.4. The van der Waals surface area contributed by atoms with Gasteiger partial charge in [0.1, 0.15) is 23.1 Å². The Labute approximate surface area is 154 Å². The quantitative estimate of drug-likeness (QED) is 0.747. The van der Waals surface area contributed by atoms with Gasteiger partial charge in [0.15, 0.2) is 0 Å². The highest BCUT2D eigenvalue weighted by Crippen LogP contribution is 2.32. The Morgan fingerprint density at radius 3 is 2.54 bits per heavy atom. The summed E-state index contributed by atoms with van der Waals surface area (Å²) in [6.45, 7) is 9.88. The van der Waals surface area contributed by atoms with Crippen molar-refractivity contribution in [1.29, 1.82) is 0 Å². The van der Waals surface area contributed by atoms with E-state index in [0.717, 1.165) is 17.7 Å². The van der Waals surface area contributed by atoms with Gasteiger partial charge in [-0.2, -0.15) is 0 Å². The first-order chi connectivity index (χ1) is 12.4. The van der Waals surface area contributed by atoms with Gasteiger partial charge in [0, 0.05) is 0 Å². The van der Waals surface area contributed by atoms with Crippen molar-refractivity contribution in [3.63, 3.8) is 0 Å². The minimum absolute atomic E-state index is 0.108. The lowest BCUT2D eigenvalue weighted by Gasteiger charge is -2.21. The Bertz CT molecular complexity index is 777. The van der Waals surface area contributed by atoms with Crippen LogP contribution in [0.5, 0.6) is 5.75 Å². The van der Waals surface area contributed by atoms with Crippen molar-refractivity contribution >= 4 is 11.9 Å². The van der Waals surface area contributed by atoms with Gasteiger partial charge in [0.05, 0.1) is 12.3 Å². The first-order valence-electron chi connectivity index (χ1n) is 8.95. The molecule has 1 aromatic heterocycles. The molecule has 0 bridgehead atoms. The SMILES string of the molecule is CCOC(=O)c1c(C)nc(N)nc1C(C)Oc1ccccc1C(C)CC. The average molecular weight is 357 g/mol. The van der Waals surface area contributed by atoms with E-state index in [-0.39, 0.29) is 12.6 Å². The highest BCUT2D eigenvalue weighted by Gasteiger charge is 2.25. The number of hydrogen-bond acceptors (Lipinski definition) is 6. The van der Waals surface area contributed by atoms with Gasteiger partial charge in [-0.3, -0.25) is 0 Å². The summed E-state index contributed by atoms with van der Waals surface area (Å²) in [4.78, 5) is 20.7. The standard InChI is InChI=1S/C20H27N3O3/c1-6-12(3)15-10-8-9-11-16(15)26-14(5)18-17(19(24)25-7-2)13(4)22-20(21)23-18/h8-12,14H,6-7H2,1-5H3,(H2,21,22,23). The van der Waals surface area contributed by atoms with Crippen LogP contribution in [0.3, 0.4) is 0 Å². The number of benzene rings is 1. The summed E-state index contributed by atoms with van der Waals surface area (Å²) in [6, 6.07) is 7.91. The third-order valence-corrected chi connectivity index (χ3v) is 4.37. The Balaban J connectivity index is 2.42. The fourth-order valence-corrected chi connectivity index (χ4v) is 2.83. The molecule has 6 heteroatoms. The lowest BCUT2D eigenvalue weighted by molar-refractivity contribution is 0.0518. The number of nitrogen functional groups attached to an aromatic ring is 1. The van der Waals surface area contributed by atoms with Crippen molar-refractivity contribution in [2.75, 3.05) is 12.3 Å². The van der Waals surface area contributed by atoms with Gasteiger partial charge in [-0.15, -0.1) is 0 Å². The zero-order chi connectivity index (χ0) is 19.3. The number of para-hydroxylation sites is 1. The Morgan fingerprint density at radius 2 is 1.88 bits per heavy atom. The molecule has 140 valence electrons. The fourth-order valence-electron chi connectivity index (χ4n) is 2.83. The third-order valence-electron chi connectivity index (χ3n) is 4.37. The normalized spacial score (nSPS) is 13.1. The molecule has 6 nitrogen and oxygen atoms in total. The Hall–Kier alpha value is -2.63. The molecule has 2 atom stereocenters. The second kappa shape index (κ2) is 8.65. The number of carbonyl (C=O) groups excluding carboxylic acids is 1. The predicted octanol–water partition coefficient (Wildman–Crippen LogP) is 4.20. The molecular formula is C20H27N3O3. The van der Waals surface area contributed by atoms with Gasteiger partial charge in [-0.05, 0) is 44.7 Å². The number of esters is 1. The number of aromatic nitrogens is 2. The maximum Gasteiger partial charge on any atom is 0.342 e. The van der Waals surface area contributed by atoms with Gasteiger partial charge < -0.3 is 15.2 Å². The van der Waals surface area contributed by atoms with E-state index in [1.54, 1.807) is 13.8 Å². The van der Waals surface area contributed by atoms with E-state index in [1.165, 1.54) is 0 Å². The second-order valence-corrected chi connectivity index (χ2v) is 6.26. The number of aryl methyl sites for hydroxylation is 1. The van der Waals surface area contributed by atoms with Crippen LogP contribution in [-0.4, -0.2) is 22.5 Å². The molecule has 2 rings (SSSR count). The molecule has 0 radical (unpaired) electrons. The fraction of sp³-hybridized carbons (Fsp3) is 0.450. The number of carbonyl (C=O) groups is 1. The molecule has 0 amide bonds. The molecule has 1 aromatic carbocycles. The third kappa shape index (κ3) is 4.31. The number of anilines is 1. The summed E-state index contributed by atoms with van der Waals surface area (Å²) in [5.74, 6) is 0.779. The summed E-state index contributed by atoms with van der Waals surface area (Å²) >= 11 is 0. The van der Waals surface area contributed by atoms with Crippen molar-refractivity contribution in [3.05, 3.63) is 46.8 Å². The first-order valence-corrected chi connectivity index (χ1v) is 8.95. The zero-order valence-electron chi connectivity index (χ0n) is 16.1. The summed E-state index contributed by atoms with van der Waals surface area (Å²) in [5, 5.41) is 0. The molecule has 1 heterocycles. The molecule has 0 aliphatic rings. The largest absolute Gasteiger partial charge is 0.484 e. The van der Waals surface area contributed by atoms with E-state index in [2.05, 4.69) is 29.9 Å². The summed E-state index contributed by atoms with van der Waals surface area (Å²) < 4.78 is 11.3. The maximum absolute atomic E-state index is 12.4. The smallest absolute Gasteiger partial charge is 0.342 e. The van der Waals surface area contributed by atoms with Gasteiger partial charge in [-0.25, -0.2) is 14.8 Å². The summed E-state index contributed by atoms with van der Waals surface area (Å²) in [6.07, 6.45) is 0.520. The molecule has 2 aromatic rings. The van der Waals surface area contributed by atoms with Crippen molar-refractivity contribution in [2.24, 2.45) is 0 Å². The predicted molar refractivity (Wildman–Crippen MR) is 101 cm³/mol. The van der Waals surface area contributed by atoms with Gasteiger partial charge in [-0.1, -0.05) is 32.0 Å². The van der Waals surface area contributed by atoms with Crippen LogP contribution in [0, 0.1) is 6.92 Å². The van der Waals surface area contributed by atoms with Crippen LogP contribution in [0.4, 0.5) is 5.95 Å². The van der Waals surface area contributed by atoms with Gasteiger partial charge in [0.2, 0.25) is 5.95 Å². The van der Waals surface area contributed by atoms with Gasteiger partial charge in [0.25, 0.3) is 0 Å². The first kappa shape index (κ1) is 19.7. The van der Waals surface area contributed by atoms with E-state index in [9.17, 15) is 4.79 Å². The van der Waals surface area contributed by atoms with Crippen LogP contribution < -0.4 is 10.5 Å². The van der Waals surface area contributed by atoms with Crippen molar-refractivity contribution < 1.29 is 14.3 Å². The number of ether oxygens (including phenoxy) is 2. The Morgan fingerprint density at radius 1 is 1.19 bits per heavy atom. The highest BCUT2D eigenvalue weighted by atomic mass is 16.5. The van der Waals surface area contributed by atoms with Crippen molar-refractivity contribution in [2.45, 2.75) is 53.1 Å². The lowest BCUT2D eigenvalue weighted by Crippen LogP contribution is -2.19. The molecule has 26 heavy (non-hydrogen) atoms. The molecule has 2 unspecified atom stereocenters. The van der Waals surface area contributed by atoms with E-state index in [4.69, 9.17) is 15.2 Å². The van der Waals surface area contributed by atoms with E-state index < -0.39 is 12.1 Å². The molecule has 0 fully saturated rings. The van der Waals surface area contributed by atoms with Crippen LogP contribution in [0.25, 0.3) is 0 Å². The zero-order valence-corrected chi connectivity index (χ0v) is 16.1. The molecule has 0 aliphatic carbocycles.